The molecule has 206 valence electrons. The standard InChI is InChI=1S/C31H34N6O3/c32-18-21-5-9-23(10-6-21)28(38)17-25(16-20-3-7-22(8-4-20)27-2-1-15-33-31(27)40)30(39)36-26-13-11-24(12-14-26)29-34-19-35-37-29/h1-4,7-8,11-15,21,23,25H,5-6,9-10,16-19,32H2,(H,33,40)(H,36,39)/t21?,23?,25-/m1/s1. The Morgan fingerprint density at radius 1 is 0.975 bits per heavy atom. The highest BCUT2D eigenvalue weighted by molar-refractivity contribution is 6.01. The van der Waals surface area contributed by atoms with E-state index >= 15 is 0 Å². The number of nitrogens with one attached hydrogen (secondary N) is 2. The number of pyridine rings is 1. The number of carbonyl (C=O) groups excluding carboxylic acids is 2. The lowest BCUT2D eigenvalue weighted by atomic mass is 9.77. The fraction of sp³-hybridized carbons (Fsp3) is 0.355. The molecule has 0 unspecified atom stereocenters. The molecule has 1 aliphatic carbocycles. The van der Waals surface area contributed by atoms with Crippen LogP contribution in [-0.2, 0) is 16.0 Å². The Balaban J connectivity index is 1.30. The van der Waals surface area contributed by atoms with Crippen LogP contribution >= 0.6 is 0 Å². The first-order chi connectivity index (χ1) is 19.5. The number of amidine groups is 1. The van der Waals surface area contributed by atoms with Gasteiger partial charge in [-0.25, -0.2) is 4.99 Å². The number of aromatic nitrogens is 1. The second-order valence-corrected chi connectivity index (χ2v) is 10.6. The van der Waals surface area contributed by atoms with E-state index in [1.807, 2.05) is 48.5 Å². The average molecular weight is 539 g/mol. The summed E-state index contributed by atoms with van der Waals surface area (Å²) in [7, 11) is 0. The van der Waals surface area contributed by atoms with E-state index in [-0.39, 0.29) is 29.6 Å². The summed E-state index contributed by atoms with van der Waals surface area (Å²) in [4.78, 5) is 46.0. The Kier molecular flexibility index (Phi) is 8.71. The van der Waals surface area contributed by atoms with Crippen molar-refractivity contribution >= 4 is 23.2 Å². The van der Waals surface area contributed by atoms with Crippen LogP contribution in [0.5, 0.6) is 0 Å². The zero-order chi connectivity index (χ0) is 27.9. The number of Topliss-reactive ketones (excluding diaryl/α,β-unsaturated/α-hetero) is 1. The molecule has 9 nitrogen and oxygen atoms in total. The maximum Gasteiger partial charge on any atom is 0.255 e. The first-order valence-electron chi connectivity index (χ1n) is 13.8. The van der Waals surface area contributed by atoms with Crippen molar-refractivity contribution in [1.82, 2.24) is 4.98 Å². The van der Waals surface area contributed by atoms with Gasteiger partial charge in [-0.1, -0.05) is 24.3 Å². The van der Waals surface area contributed by atoms with E-state index in [0.717, 1.165) is 42.4 Å². The number of H-pyrrole nitrogens is 1. The van der Waals surface area contributed by atoms with Gasteiger partial charge in [0, 0.05) is 41.3 Å². The van der Waals surface area contributed by atoms with E-state index in [1.165, 1.54) is 0 Å². The third kappa shape index (κ3) is 6.66. The number of ketones is 1. The second-order valence-electron chi connectivity index (χ2n) is 10.6. The van der Waals surface area contributed by atoms with Crippen molar-refractivity contribution in [3.8, 4) is 11.1 Å². The highest BCUT2D eigenvalue weighted by Crippen LogP contribution is 2.31. The molecule has 0 bridgehead atoms. The number of aliphatic imine (C=N–C) groups is 1. The molecule has 1 atom stereocenters. The van der Waals surface area contributed by atoms with Crippen LogP contribution in [0.25, 0.3) is 11.1 Å². The molecule has 3 aromatic rings. The summed E-state index contributed by atoms with van der Waals surface area (Å²) in [5.41, 5.74) is 9.46. The maximum absolute atomic E-state index is 13.5. The van der Waals surface area contributed by atoms with Gasteiger partial charge in [0.15, 0.2) is 12.5 Å². The van der Waals surface area contributed by atoms with Gasteiger partial charge in [-0.05, 0) is 92.1 Å². The maximum atomic E-state index is 13.5. The Morgan fingerprint density at radius 3 is 2.35 bits per heavy atom. The fourth-order valence-electron chi connectivity index (χ4n) is 5.47. The third-order valence-corrected chi connectivity index (χ3v) is 7.88. The predicted molar refractivity (Wildman–Crippen MR) is 155 cm³/mol. The lowest BCUT2D eigenvalue weighted by Crippen LogP contribution is -2.31. The van der Waals surface area contributed by atoms with Gasteiger partial charge < -0.3 is 16.0 Å². The predicted octanol–water partition coefficient (Wildman–Crippen LogP) is 4.73. The number of aromatic amines is 1. The van der Waals surface area contributed by atoms with E-state index < -0.39 is 5.92 Å². The summed E-state index contributed by atoms with van der Waals surface area (Å²) in [5, 5.41) is 10.9. The molecule has 0 spiro atoms. The van der Waals surface area contributed by atoms with Gasteiger partial charge in [-0.2, -0.15) is 5.11 Å². The Labute approximate surface area is 233 Å². The number of azo groups is 1. The third-order valence-electron chi connectivity index (χ3n) is 7.88. The van der Waals surface area contributed by atoms with Crippen molar-refractivity contribution in [2.24, 2.45) is 38.7 Å². The monoisotopic (exact) mass is 538 g/mol. The number of benzene rings is 2. The second kappa shape index (κ2) is 12.7. The molecule has 0 saturated heterocycles. The number of nitrogens with two attached hydrogens (primary N) is 1. The van der Waals surface area contributed by atoms with Crippen molar-refractivity contribution in [2.75, 3.05) is 18.5 Å². The zero-order valence-electron chi connectivity index (χ0n) is 22.4. The Bertz CT molecular complexity index is 1450. The summed E-state index contributed by atoms with van der Waals surface area (Å²) < 4.78 is 0. The SMILES string of the molecule is NCC1CCC(C(=O)C[C@@H](Cc2ccc(-c3ccc[nH]c3=O)cc2)C(=O)Nc2ccc(C3=NCN=N3)cc2)CC1. The number of hydrogen-bond acceptors (Lipinski definition) is 7. The van der Waals surface area contributed by atoms with Crippen molar-refractivity contribution in [2.45, 2.75) is 38.5 Å². The molecule has 1 amide bonds. The molecular formula is C31H34N6O3. The van der Waals surface area contributed by atoms with Crippen LogP contribution in [0.3, 0.4) is 0 Å². The molecule has 0 radical (unpaired) electrons. The van der Waals surface area contributed by atoms with Gasteiger partial charge in [-0.3, -0.25) is 14.4 Å². The Morgan fingerprint density at radius 2 is 1.70 bits per heavy atom. The van der Waals surface area contributed by atoms with Crippen LogP contribution in [0.2, 0.25) is 0 Å². The average Bonchev–Trinajstić information content (AvgIpc) is 3.53. The van der Waals surface area contributed by atoms with Crippen LogP contribution in [0.1, 0.15) is 43.2 Å². The number of rotatable bonds is 10. The van der Waals surface area contributed by atoms with Gasteiger partial charge in [0.25, 0.3) is 5.56 Å². The van der Waals surface area contributed by atoms with Crippen molar-refractivity contribution in [3.63, 3.8) is 0 Å². The molecule has 1 aliphatic heterocycles. The minimum absolute atomic E-state index is 0.0223. The highest BCUT2D eigenvalue weighted by Gasteiger charge is 2.30. The van der Waals surface area contributed by atoms with E-state index in [9.17, 15) is 14.4 Å². The van der Waals surface area contributed by atoms with Crippen LogP contribution in [0.4, 0.5) is 5.69 Å². The quantitative estimate of drug-likeness (QED) is 0.343. The lowest BCUT2D eigenvalue weighted by molar-refractivity contribution is -0.129. The van der Waals surface area contributed by atoms with Crippen molar-refractivity contribution < 1.29 is 9.59 Å². The summed E-state index contributed by atoms with van der Waals surface area (Å²) in [6.07, 6.45) is 5.78. The summed E-state index contributed by atoms with van der Waals surface area (Å²) in [5.74, 6) is 0.454. The highest BCUT2D eigenvalue weighted by atomic mass is 16.2. The van der Waals surface area contributed by atoms with Gasteiger partial charge in [0.1, 0.15) is 5.78 Å². The van der Waals surface area contributed by atoms with E-state index in [1.54, 1.807) is 18.3 Å². The molecule has 40 heavy (non-hydrogen) atoms. The molecule has 2 aromatic carbocycles. The number of nitrogens with zero attached hydrogens (tertiary/aromatic N) is 3. The first-order valence-corrected chi connectivity index (χ1v) is 13.8. The summed E-state index contributed by atoms with van der Waals surface area (Å²) in [6, 6.07) is 18.5. The molecule has 2 aliphatic rings. The van der Waals surface area contributed by atoms with Gasteiger partial charge in [0.05, 0.1) is 0 Å². The molecular weight excluding hydrogens is 504 g/mol. The largest absolute Gasteiger partial charge is 0.330 e. The Hall–Kier alpha value is -4.24. The van der Waals surface area contributed by atoms with Crippen molar-refractivity contribution in [1.29, 1.82) is 0 Å². The minimum Gasteiger partial charge on any atom is -0.330 e. The molecule has 4 N–H and O–H groups in total. The van der Waals surface area contributed by atoms with Crippen LogP contribution in [-0.4, -0.2) is 35.7 Å². The summed E-state index contributed by atoms with van der Waals surface area (Å²) >= 11 is 0. The first kappa shape index (κ1) is 27.3. The molecule has 1 saturated carbocycles. The van der Waals surface area contributed by atoms with E-state index in [0.29, 0.717) is 42.6 Å². The normalized spacial score (nSPS) is 19.2. The number of hydrogen-bond donors (Lipinski definition) is 3. The molecule has 1 aromatic heterocycles. The van der Waals surface area contributed by atoms with E-state index in [4.69, 9.17) is 5.73 Å². The molecule has 2 heterocycles. The zero-order valence-corrected chi connectivity index (χ0v) is 22.4. The van der Waals surface area contributed by atoms with Gasteiger partial charge >= 0.3 is 0 Å². The molecule has 1 fully saturated rings. The van der Waals surface area contributed by atoms with Gasteiger partial charge in [-0.15, -0.1) is 5.11 Å². The van der Waals surface area contributed by atoms with Crippen LogP contribution in [0.15, 0.2) is 86.9 Å². The van der Waals surface area contributed by atoms with Gasteiger partial charge in [0.2, 0.25) is 5.91 Å². The van der Waals surface area contributed by atoms with Crippen LogP contribution in [0, 0.1) is 17.8 Å². The van der Waals surface area contributed by atoms with Crippen LogP contribution < -0.4 is 16.6 Å². The number of amides is 1. The van der Waals surface area contributed by atoms with E-state index in [2.05, 4.69) is 25.5 Å². The molecule has 9 heteroatoms. The number of carbonyl (C=O) groups is 2. The van der Waals surface area contributed by atoms with Crippen molar-refractivity contribution in [3.05, 3.63) is 88.3 Å². The topological polar surface area (TPSA) is 142 Å². The smallest absolute Gasteiger partial charge is 0.255 e. The lowest BCUT2D eigenvalue weighted by Gasteiger charge is -2.27. The summed E-state index contributed by atoms with van der Waals surface area (Å²) in [6.45, 7) is 0.992. The fourth-order valence-corrected chi connectivity index (χ4v) is 5.47. The number of anilines is 1. The minimum atomic E-state index is -0.529. The molecule has 5 rings (SSSR count).